The van der Waals surface area contributed by atoms with E-state index in [1.807, 2.05) is 36.7 Å². The number of aryl methyl sites for hydroxylation is 1. The van der Waals surface area contributed by atoms with Gasteiger partial charge in [0.25, 0.3) is 0 Å². The zero-order chi connectivity index (χ0) is 19.9. The monoisotopic (exact) mass is 519 g/mol. The number of rotatable bonds is 9. The summed E-state index contributed by atoms with van der Waals surface area (Å²) in [7, 11) is 1.80. The summed E-state index contributed by atoms with van der Waals surface area (Å²) in [6.07, 6.45) is 5.50. The summed E-state index contributed by atoms with van der Waals surface area (Å²) in [4.78, 5) is 8.78. The zero-order valence-electron chi connectivity index (χ0n) is 17.4. The topological polar surface area (TPSA) is 63.5 Å². The van der Waals surface area contributed by atoms with E-state index in [4.69, 9.17) is 4.74 Å². The van der Waals surface area contributed by atoms with E-state index in [1.165, 1.54) is 18.4 Å². The van der Waals surface area contributed by atoms with Crippen LogP contribution in [0.2, 0.25) is 0 Å². The Hall–Kier alpha value is -2.29. The number of nitrogens with zero attached hydrogens (tertiary/aromatic N) is 3. The van der Waals surface area contributed by atoms with Crippen molar-refractivity contribution in [3.63, 3.8) is 0 Å². The Morgan fingerprint density at radius 3 is 2.77 bits per heavy atom. The molecule has 1 aliphatic carbocycles. The van der Waals surface area contributed by atoms with E-state index in [2.05, 4.69) is 43.4 Å². The Morgan fingerprint density at radius 2 is 1.93 bits per heavy atom. The highest BCUT2D eigenvalue weighted by Gasteiger charge is 2.22. The summed E-state index contributed by atoms with van der Waals surface area (Å²) in [6, 6.07) is 16.5. The summed E-state index contributed by atoms with van der Waals surface area (Å²) in [5.41, 5.74) is 3.37. The Labute approximate surface area is 195 Å². The molecule has 1 aliphatic rings. The SMILES string of the molecule is CN=C(NCCCn1cnc2ccccc21)NCc1ccccc1OCC1CC1.I. The molecule has 2 aromatic carbocycles. The van der Waals surface area contributed by atoms with Gasteiger partial charge >= 0.3 is 0 Å². The number of para-hydroxylation sites is 3. The molecule has 0 aliphatic heterocycles. The van der Waals surface area contributed by atoms with Gasteiger partial charge in [-0.1, -0.05) is 30.3 Å². The Kier molecular flexibility index (Phi) is 8.36. The molecule has 1 saturated carbocycles. The molecule has 1 fully saturated rings. The Morgan fingerprint density at radius 1 is 1.13 bits per heavy atom. The first-order valence-corrected chi connectivity index (χ1v) is 10.4. The normalized spacial score (nSPS) is 13.7. The van der Waals surface area contributed by atoms with Crippen molar-refractivity contribution in [3.05, 3.63) is 60.4 Å². The summed E-state index contributed by atoms with van der Waals surface area (Å²) < 4.78 is 8.19. The van der Waals surface area contributed by atoms with Gasteiger partial charge in [-0.15, -0.1) is 24.0 Å². The number of ether oxygens (including phenoxy) is 1. The number of aromatic nitrogens is 2. The van der Waals surface area contributed by atoms with Crippen molar-refractivity contribution < 1.29 is 4.74 Å². The van der Waals surface area contributed by atoms with Gasteiger partial charge in [-0.3, -0.25) is 4.99 Å². The molecule has 3 aromatic rings. The van der Waals surface area contributed by atoms with Crippen LogP contribution < -0.4 is 15.4 Å². The zero-order valence-corrected chi connectivity index (χ0v) is 19.7. The maximum atomic E-state index is 5.99. The van der Waals surface area contributed by atoms with Crippen molar-refractivity contribution in [2.24, 2.45) is 10.9 Å². The Bertz CT molecular complexity index is 967. The number of benzene rings is 2. The number of guanidine groups is 1. The number of hydrogen-bond acceptors (Lipinski definition) is 3. The predicted octanol–water partition coefficient (Wildman–Crippen LogP) is 4.20. The minimum absolute atomic E-state index is 0. The highest BCUT2D eigenvalue weighted by Crippen LogP contribution is 2.30. The lowest BCUT2D eigenvalue weighted by Gasteiger charge is -2.15. The van der Waals surface area contributed by atoms with Crippen LogP contribution in [0.5, 0.6) is 5.75 Å². The van der Waals surface area contributed by atoms with Gasteiger partial charge in [-0.05, 0) is 43.4 Å². The van der Waals surface area contributed by atoms with Crippen LogP contribution >= 0.6 is 24.0 Å². The van der Waals surface area contributed by atoms with E-state index in [9.17, 15) is 0 Å². The number of aliphatic imine (C=N–C) groups is 1. The summed E-state index contributed by atoms with van der Waals surface area (Å²) in [6.45, 7) is 3.27. The number of hydrogen-bond donors (Lipinski definition) is 2. The maximum Gasteiger partial charge on any atom is 0.191 e. The third-order valence-electron chi connectivity index (χ3n) is 5.21. The molecular weight excluding hydrogens is 489 g/mol. The molecule has 30 heavy (non-hydrogen) atoms. The first-order valence-electron chi connectivity index (χ1n) is 10.4. The maximum absolute atomic E-state index is 5.99. The molecule has 4 rings (SSSR count). The van der Waals surface area contributed by atoms with Gasteiger partial charge in [0, 0.05) is 32.2 Å². The third-order valence-corrected chi connectivity index (χ3v) is 5.21. The van der Waals surface area contributed by atoms with Gasteiger partial charge < -0.3 is 19.9 Å². The molecule has 1 aromatic heterocycles. The first kappa shape index (κ1) is 22.4. The molecule has 6 nitrogen and oxygen atoms in total. The lowest BCUT2D eigenvalue weighted by atomic mass is 10.2. The van der Waals surface area contributed by atoms with Crippen molar-refractivity contribution >= 4 is 41.0 Å². The van der Waals surface area contributed by atoms with Crippen LogP contribution in [-0.2, 0) is 13.1 Å². The van der Waals surface area contributed by atoms with Crippen molar-refractivity contribution in [2.45, 2.75) is 32.4 Å². The fourth-order valence-electron chi connectivity index (χ4n) is 3.33. The fourth-order valence-corrected chi connectivity index (χ4v) is 3.33. The summed E-state index contributed by atoms with van der Waals surface area (Å²) in [5, 5.41) is 6.79. The molecule has 0 spiro atoms. The first-order chi connectivity index (χ1) is 14.3. The lowest BCUT2D eigenvalue weighted by Crippen LogP contribution is -2.37. The van der Waals surface area contributed by atoms with E-state index in [1.54, 1.807) is 7.05 Å². The molecule has 1 heterocycles. The van der Waals surface area contributed by atoms with Gasteiger partial charge in [0.15, 0.2) is 5.96 Å². The fraction of sp³-hybridized carbons (Fsp3) is 0.391. The average Bonchev–Trinajstić information content (AvgIpc) is 3.51. The smallest absolute Gasteiger partial charge is 0.191 e. The third kappa shape index (κ3) is 6.10. The molecule has 0 amide bonds. The average molecular weight is 519 g/mol. The Balaban J connectivity index is 0.00000256. The molecular formula is C23H30IN5O. The predicted molar refractivity (Wildman–Crippen MR) is 133 cm³/mol. The molecule has 0 unspecified atom stereocenters. The molecule has 0 saturated heterocycles. The second-order valence-electron chi connectivity index (χ2n) is 7.49. The summed E-state index contributed by atoms with van der Waals surface area (Å²) in [5.74, 6) is 2.52. The standard InChI is InChI=1S/C23H29N5O.HI/c1-24-23(25-13-6-14-28-17-27-20-8-3-4-9-21(20)28)26-15-19-7-2-5-10-22(19)29-16-18-11-12-18;/h2-5,7-10,17-18H,6,11-16H2,1H3,(H2,24,25,26);1H. The van der Waals surface area contributed by atoms with Crippen LogP contribution in [-0.4, -0.2) is 35.7 Å². The highest BCUT2D eigenvalue weighted by molar-refractivity contribution is 14.0. The number of imidazole rings is 1. The van der Waals surface area contributed by atoms with Crippen molar-refractivity contribution in [2.75, 3.05) is 20.2 Å². The second-order valence-corrected chi connectivity index (χ2v) is 7.49. The molecule has 0 atom stereocenters. The number of halogens is 1. The minimum atomic E-state index is 0. The van der Waals surface area contributed by atoms with Gasteiger partial charge in [0.05, 0.1) is 24.0 Å². The van der Waals surface area contributed by atoms with Crippen LogP contribution in [0.15, 0.2) is 59.9 Å². The van der Waals surface area contributed by atoms with Crippen LogP contribution in [0.4, 0.5) is 0 Å². The van der Waals surface area contributed by atoms with Crippen molar-refractivity contribution in [1.82, 2.24) is 20.2 Å². The van der Waals surface area contributed by atoms with Crippen molar-refractivity contribution in [1.29, 1.82) is 0 Å². The number of fused-ring (bicyclic) bond motifs is 1. The molecule has 160 valence electrons. The number of nitrogens with one attached hydrogen (secondary N) is 2. The quantitative estimate of drug-likeness (QED) is 0.193. The van der Waals surface area contributed by atoms with E-state index in [0.717, 1.165) is 54.8 Å². The molecule has 2 N–H and O–H groups in total. The largest absolute Gasteiger partial charge is 0.493 e. The van der Waals surface area contributed by atoms with E-state index >= 15 is 0 Å². The van der Waals surface area contributed by atoms with Crippen LogP contribution in [0.1, 0.15) is 24.8 Å². The molecule has 0 bridgehead atoms. The van der Waals surface area contributed by atoms with Crippen molar-refractivity contribution in [3.8, 4) is 5.75 Å². The molecule has 7 heteroatoms. The highest BCUT2D eigenvalue weighted by atomic mass is 127. The lowest BCUT2D eigenvalue weighted by molar-refractivity contribution is 0.296. The van der Waals surface area contributed by atoms with Gasteiger partial charge in [-0.2, -0.15) is 0 Å². The molecule has 0 radical (unpaired) electrons. The van der Waals surface area contributed by atoms with Crippen LogP contribution in [0.3, 0.4) is 0 Å². The van der Waals surface area contributed by atoms with Crippen LogP contribution in [0.25, 0.3) is 11.0 Å². The van der Waals surface area contributed by atoms with Gasteiger partial charge in [0.2, 0.25) is 0 Å². The van der Waals surface area contributed by atoms with E-state index in [0.29, 0.717) is 6.54 Å². The van der Waals surface area contributed by atoms with Gasteiger partial charge in [0.1, 0.15) is 5.75 Å². The van der Waals surface area contributed by atoms with Gasteiger partial charge in [-0.25, -0.2) is 4.98 Å². The minimum Gasteiger partial charge on any atom is -0.493 e. The summed E-state index contributed by atoms with van der Waals surface area (Å²) >= 11 is 0. The van der Waals surface area contributed by atoms with Crippen LogP contribution in [0, 0.1) is 5.92 Å². The second kappa shape index (κ2) is 11.2. The van der Waals surface area contributed by atoms with E-state index in [-0.39, 0.29) is 24.0 Å². The van der Waals surface area contributed by atoms with E-state index < -0.39 is 0 Å².